The number of nitrogens with one attached hydrogen (secondary N) is 2. The van der Waals surface area contributed by atoms with E-state index in [1.54, 1.807) is 12.3 Å². The number of nitrogen functional groups attached to an aromatic ring is 1. The summed E-state index contributed by atoms with van der Waals surface area (Å²) in [4.78, 5) is 8.28. The molecule has 2 rings (SSSR count). The molecule has 5 heteroatoms. The second kappa shape index (κ2) is 4.59. The summed E-state index contributed by atoms with van der Waals surface area (Å²) in [6.07, 6.45) is 1.64. The standard InChI is InChI=1S/C11H13N5/c1-8-4-2-3-5-9(8)14-11-13-7-6-10(15-11)16-12/h2-7H,12H2,1H3,(H2,13,14,15,16). The molecule has 0 spiro atoms. The molecule has 4 N–H and O–H groups in total. The third-order valence-electron chi connectivity index (χ3n) is 2.20. The number of rotatable bonds is 3. The molecule has 0 bridgehead atoms. The summed E-state index contributed by atoms with van der Waals surface area (Å²) >= 11 is 0. The van der Waals surface area contributed by atoms with Gasteiger partial charge >= 0.3 is 0 Å². The number of nitrogens with two attached hydrogens (primary N) is 1. The minimum Gasteiger partial charge on any atom is -0.324 e. The Morgan fingerprint density at radius 1 is 1.19 bits per heavy atom. The molecular formula is C11H13N5. The minimum absolute atomic E-state index is 0.518. The summed E-state index contributed by atoms with van der Waals surface area (Å²) in [5.41, 5.74) is 4.60. The van der Waals surface area contributed by atoms with Gasteiger partial charge in [-0.05, 0) is 18.6 Å². The summed E-state index contributed by atoms with van der Waals surface area (Å²) in [5, 5.41) is 3.13. The lowest BCUT2D eigenvalue weighted by Gasteiger charge is -2.08. The van der Waals surface area contributed by atoms with Crippen molar-refractivity contribution in [3.05, 3.63) is 42.1 Å². The highest BCUT2D eigenvalue weighted by molar-refractivity contribution is 5.58. The third-order valence-corrected chi connectivity index (χ3v) is 2.20. The Labute approximate surface area is 93.7 Å². The van der Waals surface area contributed by atoms with E-state index in [9.17, 15) is 0 Å². The minimum atomic E-state index is 0.518. The van der Waals surface area contributed by atoms with Crippen LogP contribution in [0, 0.1) is 6.92 Å². The predicted octanol–water partition coefficient (Wildman–Crippen LogP) is 1.81. The maximum Gasteiger partial charge on any atom is 0.229 e. The molecule has 1 aromatic heterocycles. The van der Waals surface area contributed by atoms with Gasteiger partial charge in [0.1, 0.15) is 5.82 Å². The van der Waals surface area contributed by atoms with Crippen molar-refractivity contribution in [1.29, 1.82) is 0 Å². The number of aromatic nitrogens is 2. The molecule has 0 fully saturated rings. The zero-order chi connectivity index (χ0) is 11.4. The van der Waals surface area contributed by atoms with Gasteiger partial charge in [0.25, 0.3) is 0 Å². The fraction of sp³-hybridized carbons (Fsp3) is 0.0909. The largest absolute Gasteiger partial charge is 0.324 e. The van der Waals surface area contributed by atoms with Crippen molar-refractivity contribution in [3.63, 3.8) is 0 Å². The monoisotopic (exact) mass is 215 g/mol. The second-order valence-corrected chi connectivity index (χ2v) is 3.35. The van der Waals surface area contributed by atoms with Gasteiger partial charge in [-0.1, -0.05) is 18.2 Å². The molecule has 1 aromatic carbocycles. The second-order valence-electron chi connectivity index (χ2n) is 3.35. The van der Waals surface area contributed by atoms with Crippen LogP contribution < -0.4 is 16.6 Å². The number of benzene rings is 1. The molecule has 16 heavy (non-hydrogen) atoms. The van der Waals surface area contributed by atoms with E-state index in [-0.39, 0.29) is 0 Å². The lowest BCUT2D eigenvalue weighted by molar-refractivity contribution is 1.14. The fourth-order valence-electron chi connectivity index (χ4n) is 1.33. The van der Waals surface area contributed by atoms with Crippen molar-refractivity contribution in [2.24, 2.45) is 5.84 Å². The number of hydrogen-bond acceptors (Lipinski definition) is 5. The van der Waals surface area contributed by atoms with Gasteiger partial charge in [0.15, 0.2) is 0 Å². The highest BCUT2D eigenvalue weighted by atomic mass is 15.3. The van der Waals surface area contributed by atoms with E-state index in [2.05, 4.69) is 20.7 Å². The van der Waals surface area contributed by atoms with Gasteiger partial charge in [-0.15, -0.1) is 0 Å². The molecule has 0 unspecified atom stereocenters. The molecule has 0 aliphatic heterocycles. The van der Waals surface area contributed by atoms with E-state index in [0.29, 0.717) is 11.8 Å². The van der Waals surface area contributed by atoms with E-state index < -0.39 is 0 Å². The zero-order valence-electron chi connectivity index (χ0n) is 8.94. The number of aryl methyl sites for hydroxylation is 1. The number of para-hydroxylation sites is 1. The molecule has 0 saturated heterocycles. The average Bonchev–Trinajstić information content (AvgIpc) is 2.32. The van der Waals surface area contributed by atoms with Crippen molar-refractivity contribution < 1.29 is 0 Å². The van der Waals surface area contributed by atoms with Gasteiger partial charge in [0.2, 0.25) is 5.95 Å². The highest BCUT2D eigenvalue weighted by Gasteiger charge is 2.00. The Kier molecular flexibility index (Phi) is 2.98. The first-order valence-corrected chi connectivity index (χ1v) is 4.92. The van der Waals surface area contributed by atoms with Crippen molar-refractivity contribution in [1.82, 2.24) is 9.97 Å². The summed E-state index contributed by atoms with van der Waals surface area (Å²) in [5.74, 6) is 6.37. The van der Waals surface area contributed by atoms with E-state index in [0.717, 1.165) is 11.3 Å². The third kappa shape index (κ3) is 2.26. The van der Waals surface area contributed by atoms with Crippen LogP contribution in [0.15, 0.2) is 36.5 Å². The van der Waals surface area contributed by atoms with Crippen molar-refractivity contribution in [3.8, 4) is 0 Å². The van der Waals surface area contributed by atoms with E-state index in [1.165, 1.54) is 0 Å². The smallest absolute Gasteiger partial charge is 0.229 e. The van der Waals surface area contributed by atoms with Gasteiger partial charge < -0.3 is 10.7 Å². The molecule has 0 amide bonds. The van der Waals surface area contributed by atoms with Crippen LogP contribution in [0.2, 0.25) is 0 Å². The number of hydrazine groups is 1. The summed E-state index contributed by atoms with van der Waals surface area (Å²) in [6, 6.07) is 9.64. The SMILES string of the molecule is Cc1ccccc1Nc1nccc(NN)n1. The molecule has 0 radical (unpaired) electrons. The van der Waals surface area contributed by atoms with Crippen molar-refractivity contribution in [2.45, 2.75) is 6.92 Å². The van der Waals surface area contributed by atoms with Crippen LogP contribution in [0.5, 0.6) is 0 Å². The highest BCUT2D eigenvalue weighted by Crippen LogP contribution is 2.17. The first-order valence-electron chi connectivity index (χ1n) is 4.92. The Morgan fingerprint density at radius 3 is 2.75 bits per heavy atom. The number of hydrogen-bond donors (Lipinski definition) is 3. The van der Waals surface area contributed by atoms with E-state index >= 15 is 0 Å². The normalized spacial score (nSPS) is 9.88. The Bertz CT molecular complexity index is 483. The molecule has 1 heterocycles. The first-order chi connectivity index (χ1) is 7.79. The van der Waals surface area contributed by atoms with Crippen molar-refractivity contribution in [2.75, 3.05) is 10.7 Å². The summed E-state index contributed by atoms with van der Waals surface area (Å²) in [7, 11) is 0. The molecule has 2 aromatic rings. The maximum absolute atomic E-state index is 5.27. The van der Waals surface area contributed by atoms with Crippen LogP contribution in [0.3, 0.4) is 0 Å². The Balaban J connectivity index is 2.24. The van der Waals surface area contributed by atoms with Crippen LogP contribution in [0.4, 0.5) is 17.5 Å². The molecule has 5 nitrogen and oxygen atoms in total. The maximum atomic E-state index is 5.27. The van der Waals surface area contributed by atoms with Gasteiger partial charge in [-0.2, -0.15) is 4.98 Å². The molecule has 82 valence electrons. The molecule has 0 aliphatic rings. The molecule has 0 atom stereocenters. The summed E-state index contributed by atoms with van der Waals surface area (Å²) < 4.78 is 0. The quantitative estimate of drug-likeness (QED) is 0.537. The topological polar surface area (TPSA) is 75.9 Å². The van der Waals surface area contributed by atoms with Crippen LogP contribution in [0.1, 0.15) is 5.56 Å². The molecular weight excluding hydrogens is 202 g/mol. The number of nitrogens with zero attached hydrogens (tertiary/aromatic N) is 2. The Morgan fingerprint density at radius 2 is 2.00 bits per heavy atom. The van der Waals surface area contributed by atoms with E-state index in [4.69, 9.17) is 5.84 Å². The van der Waals surface area contributed by atoms with Crippen molar-refractivity contribution >= 4 is 17.5 Å². The lowest BCUT2D eigenvalue weighted by Crippen LogP contribution is -2.09. The van der Waals surface area contributed by atoms with Gasteiger partial charge in [-0.3, -0.25) is 0 Å². The van der Waals surface area contributed by atoms with Crippen LogP contribution >= 0.6 is 0 Å². The van der Waals surface area contributed by atoms with E-state index in [1.807, 2.05) is 31.2 Å². The Hall–Kier alpha value is -2.14. The molecule has 0 saturated carbocycles. The lowest BCUT2D eigenvalue weighted by atomic mass is 10.2. The predicted molar refractivity (Wildman–Crippen MR) is 64.3 cm³/mol. The van der Waals surface area contributed by atoms with Gasteiger partial charge in [-0.25, -0.2) is 10.8 Å². The fourth-order valence-corrected chi connectivity index (χ4v) is 1.33. The first kappa shape index (κ1) is 10.4. The summed E-state index contributed by atoms with van der Waals surface area (Å²) in [6.45, 7) is 2.02. The van der Waals surface area contributed by atoms with Gasteiger partial charge in [0.05, 0.1) is 0 Å². The molecule has 0 aliphatic carbocycles. The number of anilines is 3. The average molecular weight is 215 g/mol. The van der Waals surface area contributed by atoms with Gasteiger partial charge in [0, 0.05) is 18.0 Å². The van der Waals surface area contributed by atoms with Crippen LogP contribution in [-0.2, 0) is 0 Å². The van der Waals surface area contributed by atoms with Crippen LogP contribution in [-0.4, -0.2) is 9.97 Å². The zero-order valence-corrected chi connectivity index (χ0v) is 8.94. The van der Waals surface area contributed by atoms with Crippen LogP contribution in [0.25, 0.3) is 0 Å².